The minimum Gasteiger partial charge on any atom is -0.494 e. The van der Waals surface area contributed by atoms with Crippen LogP contribution in [-0.2, 0) is 14.3 Å². The van der Waals surface area contributed by atoms with Gasteiger partial charge in [0, 0.05) is 6.20 Å². The summed E-state index contributed by atoms with van der Waals surface area (Å²) in [6.07, 6.45) is 3.59. The molecule has 0 unspecified atom stereocenters. The highest BCUT2D eigenvalue weighted by Crippen LogP contribution is 2.22. The summed E-state index contributed by atoms with van der Waals surface area (Å²) >= 11 is 6.00. The third kappa shape index (κ3) is 4.27. The number of carbonyl (C=O) groups excluding carboxylic acids is 1. The predicted molar refractivity (Wildman–Crippen MR) is 81.6 cm³/mol. The first-order valence-corrected chi connectivity index (χ1v) is 7.42. The number of nitrogens with one attached hydrogen (secondary N) is 1. The smallest absolute Gasteiger partial charge is 0.290 e. The zero-order chi connectivity index (χ0) is 16.0. The van der Waals surface area contributed by atoms with Gasteiger partial charge in [-0.2, -0.15) is 0 Å². The van der Waals surface area contributed by atoms with Crippen LogP contribution in [0, 0.1) is 0 Å². The minimum atomic E-state index is -0.584. The minimum absolute atomic E-state index is 0.168. The molecular formula is C15H19ClN2O4. The molecule has 0 radical (unpaired) electrons. The lowest BCUT2D eigenvalue weighted by atomic mass is 10.00. The quantitative estimate of drug-likeness (QED) is 0.868. The molecule has 6 nitrogen and oxygen atoms in total. The summed E-state index contributed by atoms with van der Waals surface area (Å²) in [4.78, 5) is 16.2. The highest BCUT2D eigenvalue weighted by atomic mass is 35.5. The molecule has 0 spiro atoms. The Morgan fingerprint density at radius 1 is 1.55 bits per heavy atom. The lowest BCUT2D eigenvalue weighted by Gasteiger charge is -2.30. The molecule has 1 aliphatic heterocycles. The van der Waals surface area contributed by atoms with E-state index in [4.69, 9.17) is 25.8 Å². The van der Waals surface area contributed by atoms with Crippen LogP contribution in [0.25, 0.3) is 0 Å². The van der Waals surface area contributed by atoms with Crippen LogP contribution in [0.15, 0.2) is 30.4 Å². The Hall–Kier alpha value is -1.95. The Kier molecular flexibility index (Phi) is 5.49. The van der Waals surface area contributed by atoms with Crippen LogP contribution in [0.2, 0.25) is 5.02 Å². The van der Waals surface area contributed by atoms with Gasteiger partial charge >= 0.3 is 0 Å². The van der Waals surface area contributed by atoms with Gasteiger partial charge < -0.3 is 19.5 Å². The second kappa shape index (κ2) is 7.35. The molecule has 22 heavy (non-hydrogen) atoms. The van der Waals surface area contributed by atoms with E-state index in [1.54, 1.807) is 18.3 Å². The number of amides is 1. The molecule has 0 saturated carbocycles. The van der Waals surface area contributed by atoms with Crippen LogP contribution in [0.5, 0.6) is 5.88 Å². The van der Waals surface area contributed by atoms with Crippen LogP contribution in [0.3, 0.4) is 0 Å². The van der Waals surface area contributed by atoms with Gasteiger partial charge in [-0.3, -0.25) is 4.79 Å². The van der Waals surface area contributed by atoms with Crippen LogP contribution in [-0.4, -0.2) is 36.3 Å². The van der Waals surface area contributed by atoms with Gasteiger partial charge in [0.2, 0.25) is 11.6 Å². The number of pyridine rings is 1. The molecule has 1 N–H and O–H groups in total. The number of ether oxygens (including phenoxy) is 3. The molecule has 0 aliphatic carbocycles. The summed E-state index contributed by atoms with van der Waals surface area (Å²) in [7, 11) is 0. The summed E-state index contributed by atoms with van der Waals surface area (Å²) in [6, 6.07) is 3.42. The van der Waals surface area contributed by atoms with Gasteiger partial charge in [-0.05, 0) is 25.5 Å². The zero-order valence-corrected chi connectivity index (χ0v) is 13.4. The fourth-order valence-corrected chi connectivity index (χ4v) is 1.93. The monoisotopic (exact) mass is 326 g/mol. The molecule has 120 valence electrons. The number of hydrogen-bond donors (Lipinski definition) is 1. The third-order valence-corrected chi connectivity index (χ3v) is 3.61. The SMILES string of the molecule is CC[C@](C)(COc1ncccc1Cl)NC(=O)C1=COCCO1. The van der Waals surface area contributed by atoms with Crippen molar-refractivity contribution >= 4 is 17.5 Å². The predicted octanol–water partition coefficient (Wildman–Crippen LogP) is 2.29. The zero-order valence-electron chi connectivity index (χ0n) is 12.6. The number of nitrogens with zero attached hydrogens (tertiary/aromatic N) is 1. The number of aromatic nitrogens is 1. The van der Waals surface area contributed by atoms with Crippen molar-refractivity contribution < 1.29 is 19.0 Å². The number of carbonyl (C=O) groups is 1. The topological polar surface area (TPSA) is 69.7 Å². The molecule has 2 heterocycles. The molecule has 7 heteroatoms. The average Bonchev–Trinajstić information content (AvgIpc) is 2.55. The van der Waals surface area contributed by atoms with Crippen LogP contribution in [0.4, 0.5) is 0 Å². The fourth-order valence-electron chi connectivity index (χ4n) is 1.75. The summed E-state index contributed by atoms with van der Waals surface area (Å²) < 4.78 is 16.0. The van der Waals surface area contributed by atoms with Gasteiger partial charge in [-0.25, -0.2) is 4.98 Å². The van der Waals surface area contributed by atoms with Crippen LogP contribution >= 0.6 is 11.6 Å². The molecule has 0 bridgehead atoms. The van der Waals surface area contributed by atoms with Crippen molar-refractivity contribution in [2.75, 3.05) is 19.8 Å². The van der Waals surface area contributed by atoms with E-state index in [1.165, 1.54) is 6.26 Å². The average molecular weight is 327 g/mol. The maximum atomic E-state index is 12.2. The van der Waals surface area contributed by atoms with Gasteiger partial charge in [-0.1, -0.05) is 18.5 Å². The molecular weight excluding hydrogens is 308 g/mol. The van der Waals surface area contributed by atoms with E-state index in [1.807, 2.05) is 13.8 Å². The lowest BCUT2D eigenvalue weighted by Crippen LogP contribution is -2.50. The molecule has 2 rings (SSSR count). The molecule has 1 amide bonds. The van der Waals surface area contributed by atoms with Gasteiger partial charge in [0.15, 0.2) is 0 Å². The van der Waals surface area contributed by atoms with Gasteiger partial charge in [0.05, 0.1) is 5.54 Å². The van der Waals surface area contributed by atoms with E-state index >= 15 is 0 Å². The van der Waals surface area contributed by atoms with E-state index in [-0.39, 0.29) is 18.3 Å². The Balaban J connectivity index is 1.97. The standard InChI is InChI=1S/C15H19ClN2O4/c1-3-15(2,10-22-14-11(16)5-4-6-17-14)18-13(19)12-9-20-7-8-21-12/h4-6,9H,3,7-8,10H2,1-2H3,(H,18,19)/t15-/m1/s1. The van der Waals surface area contributed by atoms with E-state index in [2.05, 4.69) is 10.3 Å². The number of halogens is 1. The lowest BCUT2D eigenvalue weighted by molar-refractivity contribution is -0.124. The molecule has 1 atom stereocenters. The van der Waals surface area contributed by atoms with Crippen molar-refractivity contribution in [3.63, 3.8) is 0 Å². The maximum Gasteiger partial charge on any atom is 0.290 e. The fraction of sp³-hybridized carbons (Fsp3) is 0.467. The van der Waals surface area contributed by atoms with E-state index in [9.17, 15) is 4.79 Å². The van der Waals surface area contributed by atoms with Crippen LogP contribution < -0.4 is 10.1 Å². The Bertz CT molecular complexity index is 564. The Morgan fingerprint density at radius 3 is 3.00 bits per heavy atom. The van der Waals surface area contributed by atoms with E-state index in [0.29, 0.717) is 30.5 Å². The van der Waals surface area contributed by atoms with Crippen molar-refractivity contribution in [1.82, 2.24) is 10.3 Å². The Labute approximate surface area is 134 Å². The molecule has 1 aromatic heterocycles. The number of hydrogen-bond acceptors (Lipinski definition) is 5. The van der Waals surface area contributed by atoms with Crippen LogP contribution in [0.1, 0.15) is 20.3 Å². The second-order valence-electron chi connectivity index (χ2n) is 5.15. The maximum absolute atomic E-state index is 12.2. The largest absolute Gasteiger partial charge is 0.494 e. The van der Waals surface area contributed by atoms with Gasteiger partial charge in [0.25, 0.3) is 5.91 Å². The molecule has 1 aliphatic rings. The molecule has 0 saturated heterocycles. The first kappa shape index (κ1) is 16.4. The molecule has 1 aromatic rings. The first-order valence-electron chi connectivity index (χ1n) is 7.04. The van der Waals surface area contributed by atoms with E-state index < -0.39 is 5.54 Å². The summed E-state index contributed by atoms with van der Waals surface area (Å²) in [6.45, 7) is 4.88. The second-order valence-corrected chi connectivity index (χ2v) is 5.56. The molecule has 0 fully saturated rings. The van der Waals surface area contributed by atoms with E-state index in [0.717, 1.165) is 0 Å². The van der Waals surface area contributed by atoms with Crippen molar-refractivity contribution in [2.45, 2.75) is 25.8 Å². The summed E-state index contributed by atoms with van der Waals surface area (Å²) in [5.74, 6) is 0.177. The Morgan fingerprint density at radius 2 is 2.36 bits per heavy atom. The van der Waals surface area contributed by atoms with Crippen molar-refractivity contribution in [2.24, 2.45) is 0 Å². The molecule has 0 aromatic carbocycles. The van der Waals surface area contributed by atoms with Gasteiger partial charge in [-0.15, -0.1) is 0 Å². The summed E-state index contributed by atoms with van der Waals surface area (Å²) in [5, 5.41) is 3.32. The normalized spacial score (nSPS) is 16.6. The highest BCUT2D eigenvalue weighted by molar-refractivity contribution is 6.31. The van der Waals surface area contributed by atoms with Crippen molar-refractivity contribution in [1.29, 1.82) is 0 Å². The van der Waals surface area contributed by atoms with Crippen molar-refractivity contribution in [3.05, 3.63) is 35.4 Å². The van der Waals surface area contributed by atoms with Crippen molar-refractivity contribution in [3.8, 4) is 5.88 Å². The summed E-state index contributed by atoms with van der Waals surface area (Å²) in [5.41, 5.74) is -0.584. The first-order chi connectivity index (χ1) is 10.5. The van der Waals surface area contributed by atoms with Gasteiger partial charge in [0.1, 0.15) is 31.1 Å². The highest BCUT2D eigenvalue weighted by Gasteiger charge is 2.28. The number of rotatable bonds is 6. The third-order valence-electron chi connectivity index (χ3n) is 3.32.